The van der Waals surface area contributed by atoms with Crippen LogP contribution in [0.2, 0.25) is 0 Å². The van der Waals surface area contributed by atoms with Crippen LogP contribution in [0.1, 0.15) is 23.1 Å². The molecule has 0 N–H and O–H groups in total. The summed E-state index contributed by atoms with van der Waals surface area (Å²) in [5, 5.41) is 8.70. The first-order valence-corrected chi connectivity index (χ1v) is 9.77. The number of aryl methyl sites for hydroxylation is 1. The van der Waals surface area contributed by atoms with E-state index in [1.54, 1.807) is 6.20 Å². The van der Waals surface area contributed by atoms with Crippen molar-refractivity contribution in [1.29, 1.82) is 0 Å². The number of carbonyl (C=O) groups excluding carboxylic acids is 1. The van der Waals surface area contributed by atoms with E-state index in [0.717, 1.165) is 17.5 Å². The molecule has 1 aromatic carbocycles. The Balaban J connectivity index is 1.41. The molecular formula is C21H24N6O2. The standard InChI is InChI=1S/C21H24N6O2/c1-3-29-18-7-5-4-6-17(18)21(28)26-14-12-25(13-15-26)19-8-9-20(24-23-19)27-11-10-22-16(27)2/h4-11H,3,12-15H2,1-2H3. The van der Waals surface area contributed by atoms with E-state index >= 15 is 0 Å². The summed E-state index contributed by atoms with van der Waals surface area (Å²) in [7, 11) is 0. The molecular weight excluding hydrogens is 368 g/mol. The lowest BCUT2D eigenvalue weighted by atomic mass is 10.1. The van der Waals surface area contributed by atoms with Gasteiger partial charge >= 0.3 is 0 Å². The molecule has 0 aliphatic carbocycles. The second-order valence-corrected chi connectivity index (χ2v) is 6.80. The van der Waals surface area contributed by atoms with Crippen LogP contribution in [0.3, 0.4) is 0 Å². The molecule has 0 atom stereocenters. The van der Waals surface area contributed by atoms with Gasteiger partial charge < -0.3 is 14.5 Å². The van der Waals surface area contributed by atoms with Gasteiger partial charge in [-0.1, -0.05) is 12.1 Å². The lowest BCUT2D eigenvalue weighted by molar-refractivity contribution is 0.0742. The fourth-order valence-corrected chi connectivity index (χ4v) is 3.47. The summed E-state index contributed by atoms with van der Waals surface area (Å²) in [5.74, 6) is 3.06. The lowest BCUT2D eigenvalue weighted by Crippen LogP contribution is -2.49. The van der Waals surface area contributed by atoms with E-state index in [0.29, 0.717) is 44.1 Å². The largest absolute Gasteiger partial charge is 0.493 e. The molecule has 1 aliphatic heterocycles. The topological polar surface area (TPSA) is 76.4 Å². The number of hydrogen-bond donors (Lipinski definition) is 0. The quantitative estimate of drug-likeness (QED) is 0.663. The van der Waals surface area contributed by atoms with Crippen LogP contribution >= 0.6 is 0 Å². The second kappa shape index (κ2) is 8.30. The Kier molecular flexibility index (Phi) is 5.41. The fraction of sp³-hybridized carbons (Fsp3) is 0.333. The zero-order chi connectivity index (χ0) is 20.2. The molecule has 1 fully saturated rings. The predicted molar refractivity (Wildman–Crippen MR) is 110 cm³/mol. The number of piperazine rings is 1. The highest BCUT2D eigenvalue weighted by Gasteiger charge is 2.25. The maximum absolute atomic E-state index is 12.9. The van der Waals surface area contributed by atoms with E-state index in [1.807, 2.05) is 65.9 Å². The fourth-order valence-electron chi connectivity index (χ4n) is 3.47. The number of amides is 1. The minimum absolute atomic E-state index is 0.00529. The van der Waals surface area contributed by atoms with Crippen LogP contribution in [0.4, 0.5) is 5.82 Å². The van der Waals surface area contributed by atoms with Crippen LogP contribution in [0.15, 0.2) is 48.8 Å². The van der Waals surface area contributed by atoms with Crippen LogP contribution in [-0.4, -0.2) is 63.3 Å². The van der Waals surface area contributed by atoms with Crippen molar-refractivity contribution in [2.75, 3.05) is 37.7 Å². The molecule has 1 amide bonds. The van der Waals surface area contributed by atoms with E-state index in [-0.39, 0.29) is 5.91 Å². The number of para-hydroxylation sites is 1. The first-order chi connectivity index (χ1) is 14.2. The third-order valence-electron chi connectivity index (χ3n) is 5.02. The molecule has 0 unspecified atom stereocenters. The van der Waals surface area contributed by atoms with Crippen LogP contribution in [0.25, 0.3) is 5.82 Å². The second-order valence-electron chi connectivity index (χ2n) is 6.80. The van der Waals surface area contributed by atoms with E-state index in [4.69, 9.17) is 4.74 Å². The Morgan fingerprint density at radius 1 is 1.03 bits per heavy atom. The summed E-state index contributed by atoms with van der Waals surface area (Å²) in [4.78, 5) is 21.2. The van der Waals surface area contributed by atoms with Gasteiger partial charge in [0.1, 0.15) is 11.6 Å². The third-order valence-corrected chi connectivity index (χ3v) is 5.02. The van der Waals surface area contributed by atoms with Gasteiger partial charge in [-0.15, -0.1) is 10.2 Å². The third kappa shape index (κ3) is 3.91. The maximum atomic E-state index is 12.9. The van der Waals surface area contributed by atoms with Crippen molar-refractivity contribution in [1.82, 2.24) is 24.6 Å². The molecule has 3 aromatic rings. The Labute approximate surface area is 169 Å². The normalized spacial score (nSPS) is 14.1. The molecule has 8 heteroatoms. The van der Waals surface area contributed by atoms with Crippen molar-refractivity contribution in [3.63, 3.8) is 0 Å². The van der Waals surface area contributed by atoms with Gasteiger partial charge in [-0.2, -0.15) is 0 Å². The maximum Gasteiger partial charge on any atom is 0.257 e. The van der Waals surface area contributed by atoms with Crippen molar-refractivity contribution < 1.29 is 9.53 Å². The summed E-state index contributed by atoms with van der Waals surface area (Å²) < 4.78 is 7.50. The zero-order valence-electron chi connectivity index (χ0n) is 16.7. The Bertz CT molecular complexity index is 977. The Morgan fingerprint density at radius 2 is 1.76 bits per heavy atom. The highest BCUT2D eigenvalue weighted by molar-refractivity contribution is 5.97. The number of rotatable bonds is 5. The van der Waals surface area contributed by atoms with Gasteiger partial charge in [-0.3, -0.25) is 9.36 Å². The van der Waals surface area contributed by atoms with Crippen molar-refractivity contribution in [2.45, 2.75) is 13.8 Å². The molecule has 150 valence electrons. The van der Waals surface area contributed by atoms with Crippen LogP contribution in [-0.2, 0) is 0 Å². The number of nitrogens with zero attached hydrogens (tertiary/aromatic N) is 6. The number of carbonyl (C=O) groups is 1. The molecule has 1 aliphatic rings. The van der Waals surface area contributed by atoms with Crippen LogP contribution in [0, 0.1) is 6.92 Å². The minimum Gasteiger partial charge on any atom is -0.493 e. The van der Waals surface area contributed by atoms with Crippen LogP contribution in [0.5, 0.6) is 5.75 Å². The molecule has 1 saturated heterocycles. The molecule has 2 aromatic heterocycles. The summed E-state index contributed by atoms with van der Waals surface area (Å²) in [6, 6.07) is 11.3. The van der Waals surface area contributed by atoms with Gasteiger partial charge in [0.25, 0.3) is 5.91 Å². The van der Waals surface area contributed by atoms with Gasteiger partial charge in [0.15, 0.2) is 11.6 Å². The summed E-state index contributed by atoms with van der Waals surface area (Å²) >= 11 is 0. The highest BCUT2D eigenvalue weighted by atomic mass is 16.5. The lowest BCUT2D eigenvalue weighted by Gasteiger charge is -2.35. The average molecular weight is 392 g/mol. The number of benzene rings is 1. The van der Waals surface area contributed by atoms with Gasteiger partial charge in [-0.05, 0) is 38.1 Å². The van der Waals surface area contributed by atoms with Gasteiger partial charge in [0, 0.05) is 38.6 Å². The molecule has 0 radical (unpaired) electrons. The van der Waals surface area contributed by atoms with Crippen molar-refractivity contribution in [3.8, 4) is 11.6 Å². The van der Waals surface area contributed by atoms with Crippen molar-refractivity contribution >= 4 is 11.7 Å². The minimum atomic E-state index is 0.00529. The predicted octanol–water partition coefficient (Wildman–Crippen LogP) is 2.33. The average Bonchev–Trinajstić information content (AvgIpc) is 3.20. The van der Waals surface area contributed by atoms with Gasteiger partial charge in [0.05, 0.1) is 12.2 Å². The first kappa shape index (κ1) is 18.9. The summed E-state index contributed by atoms with van der Waals surface area (Å²) in [6.07, 6.45) is 3.61. The van der Waals surface area contributed by atoms with Gasteiger partial charge in [-0.25, -0.2) is 4.98 Å². The molecule has 29 heavy (non-hydrogen) atoms. The smallest absolute Gasteiger partial charge is 0.257 e. The SMILES string of the molecule is CCOc1ccccc1C(=O)N1CCN(c2ccc(-n3ccnc3C)nn2)CC1. The van der Waals surface area contributed by atoms with Crippen molar-refractivity contribution in [2.24, 2.45) is 0 Å². The first-order valence-electron chi connectivity index (χ1n) is 9.77. The summed E-state index contributed by atoms with van der Waals surface area (Å²) in [6.45, 7) is 7.05. The molecule has 8 nitrogen and oxygen atoms in total. The van der Waals surface area contributed by atoms with E-state index in [2.05, 4.69) is 20.1 Å². The number of anilines is 1. The van der Waals surface area contributed by atoms with E-state index in [9.17, 15) is 4.79 Å². The summed E-state index contributed by atoms with van der Waals surface area (Å²) in [5.41, 5.74) is 0.614. The van der Waals surface area contributed by atoms with Crippen LogP contribution < -0.4 is 9.64 Å². The number of ether oxygens (including phenoxy) is 1. The molecule has 0 spiro atoms. The van der Waals surface area contributed by atoms with E-state index in [1.165, 1.54) is 0 Å². The monoisotopic (exact) mass is 392 g/mol. The zero-order valence-corrected chi connectivity index (χ0v) is 16.7. The number of imidazole rings is 1. The molecule has 4 rings (SSSR count). The molecule has 0 saturated carbocycles. The molecule has 3 heterocycles. The Morgan fingerprint density at radius 3 is 2.41 bits per heavy atom. The number of aromatic nitrogens is 4. The van der Waals surface area contributed by atoms with Gasteiger partial charge in [0.2, 0.25) is 0 Å². The number of hydrogen-bond acceptors (Lipinski definition) is 6. The van der Waals surface area contributed by atoms with E-state index < -0.39 is 0 Å². The Hall–Kier alpha value is -3.42. The van der Waals surface area contributed by atoms with Crippen molar-refractivity contribution in [3.05, 3.63) is 60.2 Å². The molecule has 0 bridgehead atoms. The highest BCUT2D eigenvalue weighted by Crippen LogP contribution is 2.22.